The Labute approximate surface area is 336 Å². The second-order valence-electron chi connectivity index (χ2n) is 16.9. The van der Waals surface area contributed by atoms with Gasteiger partial charge >= 0.3 is 17.9 Å². The van der Waals surface area contributed by atoms with Crippen LogP contribution in [0.15, 0.2) is 0 Å². The Kier molecular flexibility index (Phi) is 41.3. The van der Waals surface area contributed by atoms with E-state index in [0.29, 0.717) is 19.3 Å². The molecule has 0 heterocycles. The van der Waals surface area contributed by atoms with Crippen molar-refractivity contribution in [3.8, 4) is 0 Å². The van der Waals surface area contributed by atoms with Crippen LogP contribution in [0.25, 0.3) is 0 Å². The predicted molar refractivity (Wildman–Crippen MR) is 229 cm³/mol. The van der Waals surface area contributed by atoms with Gasteiger partial charge < -0.3 is 14.2 Å². The monoisotopic (exact) mass is 765 g/mol. The van der Waals surface area contributed by atoms with Crippen LogP contribution in [0.5, 0.6) is 0 Å². The Morgan fingerprint density at radius 2 is 0.611 bits per heavy atom. The van der Waals surface area contributed by atoms with Gasteiger partial charge in [-0.1, -0.05) is 227 Å². The molecular formula is C48H92O6. The Hall–Kier alpha value is -1.59. The summed E-state index contributed by atoms with van der Waals surface area (Å²) in [4.78, 5) is 37.6. The van der Waals surface area contributed by atoms with E-state index < -0.39 is 6.10 Å². The molecule has 0 aromatic carbocycles. The number of unbranched alkanes of at least 4 members (excludes halogenated alkanes) is 30. The van der Waals surface area contributed by atoms with Crippen LogP contribution in [0, 0.1) is 5.92 Å². The van der Waals surface area contributed by atoms with E-state index in [0.717, 1.165) is 63.7 Å². The molecule has 0 amide bonds. The van der Waals surface area contributed by atoms with Gasteiger partial charge in [0.1, 0.15) is 13.2 Å². The topological polar surface area (TPSA) is 78.9 Å². The zero-order valence-corrected chi connectivity index (χ0v) is 36.7. The SMILES string of the molecule is CCCCCCCCCCCCCCC(=O)O[C@@H](COC(=O)CCCCCCCCC)COC(=O)CCCCCCCCCCCCCCCCC(C)C. The Morgan fingerprint density at radius 3 is 0.907 bits per heavy atom. The highest BCUT2D eigenvalue weighted by Gasteiger charge is 2.19. The standard InChI is InChI=1S/C48H92O6/c1-5-7-9-11-13-14-15-21-25-29-33-37-41-48(51)54-45(42-52-46(49)39-35-31-26-12-10-8-6-2)43-53-47(50)40-36-32-28-24-22-19-17-16-18-20-23-27-30-34-38-44(3)4/h44-45H,5-43H2,1-4H3/t45-/m0/s1. The number of carbonyl (C=O) groups is 3. The van der Waals surface area contributed by atoms with E-state index in [1.165, 1.54) is 161 Å². The molecule has 0 N–H and O–H groups in total. The number of esters is 3. The molecule has 1 atom stereocenters. The van der Waals surface area contributed by atoms with Gasteiger partial charge in [0.15, 0.2) is 6.10 Å². The van der Waals surface area contributed by atoms with Gasteiger partial charge in [-0.15, -0.1) is 0 Å². The van der Waals surface area contributed by atoms with Gasteiger partial charge in [0.2, 0.25) is 0 Å². The number of hydrogen-bond donors (Lipinski definition) is 0. The second kappa shape index (κ2) is 42.6. The van der Waals surface area contributed by atoms with E-state index in [-0.39, 0.29) is 31.1 Å². The van der Waals surface area contributed by atoms with Crippen molar-refractivity contribution in [1.29, 1.82) is 0 Å². The summed E-state index contributed by atoms with van der Waals surface area (Å²) in [7, 11) is 0. The summed E-state index contributed by atoms with van der Waals surface area (Å²) in [6, 6.07) is 0. The minimum atomic E-state index is -0.758. The summed E-state index contributed by atoms with van der Waals surface area (Å²) in [5.41, 5.74) is 0. The molecule has 0 aliphatic carbocycles. The third kappa shape index (κ3) is 41.6. The molecule has 0 radical (unpaired) electrons. The minimum Gasteiger partial charge on any atom is -0.462 e. The average molecular weight is 765 g/mol. The maximum atomic E-state index is 12.7. The molecule has 0 saturated carbocycles. The molecule has 0 bridgehead atoms. The minimum absolute atomic E-state index is 0.0636. The normalized spacial score (nSPS) is 11.9. The lowest BCUT2D eigenvalue weighted by Gasteiger charge is -2.18. The highest BCUT2D eigenvalue weighted by Crippen LogP contribution is 2.16. The first kappa shape index (κ1) is 52.4. The van der Waals surface area contributed by atoms with E-state index in [9.17, 15) is 14.4 Å². The summed E-state index contributed by atoms with van der Waals surface area (Å²) in [5, 5.41) is 0. The smallest absolute Gasteiger partial charge is 0.306 e. The molecule has 6 nitrogen and oxygen atoms in total. The van der Waals surface area contributed by atoms with Crippen LogP contribution in [0.2, 0.25) is 0 Å². The number of carbonyl (C=O) groups excluding carboxylic acids is 3. The van der Waals surface area contributed by atoms with Gasteiger partial charge in [-0.05, 0) is 25.2 Å². The van der Waals surface area contributed by atoms with Crippen molar-refractivity contribution in [2.45, 2.75) is 271 Å². The quantitative estimate of drug-likeness (QED) is 0.0349. The molecule has 0 unspecified atom stereocenters. The largest absolute Gasteiger partial charge is 0.462 e. The van der Waals surface area contributed by atoms with E-state index in [1.807, 2.05) is 0 Å². The third-order valence-corrected chi connectivity index (χ3v) is 10.8. The van der Waals surface area contributed by atoms with Crippen molar-refractivity contribution in [2.24, 2.45) is 5.92 Å². The summed E-state index contributed by atoms with van der Waals surface area (Å²) >= 11 is 0. The maximum Gasteiger partial charge on any atom is 0.306 e. The first-order valence-electron chi connectivity index (χ1n) is 23.9. The molecule has 320 valence electrons. The van der Waals surface area contributed by atoms with E-state index in [1.54, 1.807) is 0 Å². The average Bonchev–Trinajstić information content (AvgIpc) is 3.15. The van der Waals surface area contributed by atoms with Crippen LogP contribution in [0.1, 0.15) is 265 Å². The lowest BCUT2D eigenvalue weighted by molar-refractivity contribution is -0.167. The van der Waals surface area contributed by atoms with Gasteiger partial charge in [0.05, 0.1) is 0 Å². The second-order valence-corrected chi connectivity index (χ2v) is 16.9. The first-order valence-corrected chi connectivity index (χ1v) is 23.9. The van der Waals surface area contributed by atoms with Crippen LogP contribution < -0.4 is 0 Å². The van der Waals surface area contributed by atoms with Crippen LogP contribution >= 0.6 is 0 Å². The van der Waals surface area contributed by atoms with E-state index >= 15 is 0 Å². The van der Waals surface area contributed by atoms with Gasteiger partial charge in [0, 0.05) is 19.3 Å². The van der Waals surface area contributed by atoms with E-state index in [2.05, 4.69) is 27.7 Å². The van der Waals surface area contributed by atoms with Crippen molar-refractivity contribution in [1.82, 2.24) is 0 Å². The predicted octanol–water partition coefficient (Wildman–Crippen LogP) is 15.1. The number of rotatable bonds is 43. The molecule has 6 heteroatoms. The van der Waals surface area contributed by atoms with Crippen molar-refractivity contribution < 1.29 is 28.6 Å². The molecule has 0 aliphatic rings. The fourth-order valence-corrected chi connectivity index (χ4v) is 7.16. The first-order chi connectivity index (χ1) is 26.4. The van der Waals surface area contributed by atoms with Crippen molar-refractivity contribution in [3.05, 3.63) is 0 Å². The van der Waals surface area contributed by atoms with Crippen molar-refractivity contribution >= 4 is 17.9 Å². The lowest BCUT2D eigenvalue weighted by Crippen LogP contribution is -2.30. The highest BCUT2D eigenvalue weighted by molar-refractivity contribution is 5.71. The zero-order chi connectivity index (χ0) is 39.6. The molecule has 0 aromatic heterocycles. The summed E-state index contributed by atoms with van der Waals surface area (Å²) in [6.45, 7) is 8.98. The molecule has 0 rings (SSSR count). The highest BCUT2D eigenvalue weighted by atomic mass is 16.6. The number of ether oxygens (including phenoxy) is 3. The summed E-state index contributed by atoms with van der Waals surface area (Å²) in [6.07, 6.45) is 42.4. The molecule has 0 fully saturated rings. The van der Waals surface area contributed by atoms with E-state index in [4.69, 9.17) is 14.2 Å². The van der Waals surface area contributed by atoms with Crippen LogP contribution in [-0.4, -0.2) is 37.2 Å². The molecule has 0 aromatic rings. The number of hydrogen-bond acceptors (Lipinski definition) is 6. The van der Waals surface area contributed by atoms with Gasteiger partial charge in [-0.25, -0.2) is 0 Å². The summed E-state index contributed by atoms with van der Waals surface area (Å²) < 4.78 is 16.7. The van der Waals surface area contributed by atoms with Gasteiger partial charge in [0.25, 0.3) is 0 Å². The Balaban J connectivity index is 4.21. The zero-order valence-electron chi connectivity index (χ0n) is 36.7. The molecule has 0 aliphatic heterocycles. The van der Waals surface area contributed by atoms with Crippen LogP contribution in [0.4, 0.5) is 0 Å². The fraction of sp³-hybridized carbons (Fsp3) is 0.938. The molecule has 54 heavy (non-hydrogen) atoms. The molecule has 0 spiro atoms. The van der Waals surface area contributed by atoms with Crippen LogP contribution in [-0.2, 0) is 28.6 Å². The maximum absolute atomic E-state index is 12.7. The third-order valence-electron chi connectivity index (χ3n) is 10.8. The Bertz CT molecular complexity index is 811. The van der Waals surface area contributed by atoms with Crippen LogP contribution in [0.3, 0.4) is 0 Å². The molecule has 0 saturated heterocycles. The Morgan fingerprint density at radius 1 is 0.352 bits per heavy atom. The van der Waals surface area contributed by atoms with Crippen molar-refractivity contribution in [3.63, 3.8) is 0 Å². The molecular weight excluding hydrogens is 673 g/mol. The lowest BCUT2D eigenvalue weighted by atomic mass is 10.0. The van der Waals surface area contributed by atoms with Crippen molar-refractivity contribution in [2.75, 3.05) is 13.2 Å². The fourth-order valence-electron chi connectivity index (χ4n) is 7.16. The van der Waals surface area contributed by atoms with Gasteiger partial charge in [-0.3, -0.25) is 14.4 Å². The summed E-state index contributed by atoms with van der Waals surface area (Å²) in [5.74, 6) is -0.0120. The van der Waals surface area contributed by atoms with Gasteiger partial charge in [-0.2, -0.15) is 0 Å².